The molecule has 3 amide bonds. The van der Waals surface area contributed by atoms with E-state index in [1.54, 1.807) is 0 Å². The third kappa shape index (κ3) is 5.38. The number of amides is 3. The Kier molecular flexibility index (Phi) is 7.94. The number of rotatable bonds is 5. The lowest BCUT2D eigenvalue weighted by atomic mass is 9.80. The number of likely N-dealkylation sites (tertiary alicyclic amines) is 1. The second-order valence-corrected chi connectivity index (χ2v) is 13.6. The van der Waals surface area contributed by atoms with E-state index in [1.807, 2.05) is 11.9 Å². The van der Waals surface area contributed by atoms with Crippen molar-refractivity contribution in [3.8, 4) is 0 Å². The van der Waals surface area contributed by atoms with E-state index >= 15 is 0 Å². The number of hydrogen-bond acceptors (Lipinski definition) is 3. The molecule has 5 rings (SSSR count). The van der Waals surface area contributed by atoms with E-state index in [9.17, 15) is 9.59 Å². The van der Waals surface area contributed by atoms with Crippen LogP contribution in [0.4, 0.5) is 4.79 Å². The normalized spacial score (nSPS) is 32.1. The van der Waals surface area contributed by atoms with Crippen molar-refractivity contribution in [3.63, 3.8) is 0 Å². The summed E-state index contributed by atoms with van der Waals surface area (Å²) in [5, 5.41) is 0. The Bertz CT molecular complexity index is 964. The molecular formula is C30H47ClN4O2. The molecule has 4 saturated heterocycles. The lowest BCUT2D eigenvalue weighted by Gasteiger charge is -2.50. The number of halogens is 1. The van der Waals surface area contributed by atoms with Gasteiger partial charge in [0, 0.05) is 63.7 Å². The topological polar surface area (TPSA) is 47.1 Å². The first-order valence-corrected chi connectivity index (χ1v) is 14.1. The Balaban J connectivity index is 0.00000320. The lowest BCUT2D eigenvalue weighted by Crippen LogP contribution is -2.60. The molecule has 1 spiro atoms. The molecular weight excluding hydrogens is 484 g/mol. The molecule has 0 saturated carbocycles. The number of carbonyl (C=O) groups is 2. The number of piperidine rings is 1. The third-order valence-electron chi connectivity index (χ3n) is 9.24. The van der Waals surface area contributed by atoms with Gasteiger partial charge in [-0.05, 0) is 56.4 Å². The average molecular weight is 531 g/mol. The van der Waals surface area contributed by atoms with Crippen molar-refractivity contribution in [2.45, 2.75) is 96.3 Å². The molecule has 7 heteroatoms. The van der Waals surface area contributed by atoms with E-state index in [4.69, 9.17) is 0 Å². The molecule has 37 heavy (non-hydrogen) atoms. The first kappa shape index (κ1) is 28.2. The monoisotopic (exact) mass is 530 g/mol. The summed E-state index contributed by atoms with van der Waals surface area (Å²) < 4.78 is 0. The van der Waals surface area contributed by atoms with Crippen LogP contribution in [0.5, 0.6) is 0 Å². The van der Waals surface area contributed by atoms with Gasteiger partial charge in [-0.1, -0.05) is 51.1 Å². The van der Waals surface area contributed by atoms with Gasteiger partial charge in [0.15, 0.2) is 0 Å². The van der Waals surface area contributed by atoms with Gasteiger partial charge in [-0.25, -0.2) is 4.79 Å². The number of likely N-dealkylation sites (N-methyl/N-ethyl adjacent to an activating group) is 1. The van der Waals surface area contributed by atoms with Gasteiger partial charge < -0.3 is 14.7 Å². The number of nitrogens with zero attached hydrogens (tertiary/aromatic N) is 4. The van der Waals surface area contributed by atoms with Crippen molar-refractivity contribution in [3.05, 3.63) is 35.9 Å². The molecule has 4 atom stereocenters. The summed E-state index contributed by atoms with van der Waals surface area (Å²) in [6.45, 7) is 14.4. The van der Waals surface area contributed by atoms with Crippen LogP contribution in [0.15, 0.2) is 30.3 Å². The summed E-state index contributed by atoms with van der Waals surface area (Å²) in [6, 6.07) is 12.3. The SMILES string of the molecule is CC(C)N1C(=O)N(C)CC12CC1CCC(C2)N1C[C@H]1CN(C(=O)CC(C)(C)C)C[C@@H]1c1ccccc1.Cl. The van der Waals surface area contributed by atoms with E-state index in [0.717, 1.165) is 39.0 Å². The zero-order valence-corrected chi connectivity index (χ0v) is 24.5. The van der Waals surface area contributed by atoms with Crippen LogP contribution in [0, 0.1) is 11.3 Å². The van der Waals surface area contributed by atoms with Crippen LogP contribution in [0.1, 0.15) is 78.2 Å². The summed E-state index contributed by atoms with van der Waals surface area (Å²) in [5.74, 6) is 1.13. The van der Waals surface area contributed by atoms with Gasteiger partial charge in [0.2, 0.25) is 5.91 Å². The fourth-order valence-electron chi connectivity index (χ4n) is 7.95. The van der Waals surface area contributed by atoms with Gasteiger partial charge in [0.25, 0.3) is 0 Å². The molecule has 4 aliphatic heterocycles. The minimum Gasteiger partial charge on any atom is -0.342 e. The van der Waals surface area contributed by atoms with Crippen LogP contribution >= 0.6 is 12.4 Å². The zero-order valence-electron chi connectivity index (χ0n) is 23.7. The number of benzene rings is 1. The molecule has 4 aliphatic rings. The van der Waals surface area contributed by atoms with Gasteiger partial charge in [-0.2, -0.15) is 0 Å². The van der Waals surface area contributed by atoms with Gasteiger partial charge in [-0.3, -0.25) is 9.69 Å². The van der Waals surface area contributed by atoms with Crippen LogP contribution in [0.2, 0.25) is 0 Å². The van der Waals surface area contributed by atoms with E-state index in [-0.39, 0.29) is 35.4 Å². The molecule has 2 bridgehead atoms. The summed E-state index contributed by atoms with van der Waals surface area (Å²) in [5.41, 5.74) is 1.35. The van der Waals surface area contributed by atoms with E-state index in [2.05, 4.69) is 79.7 Å². The Morgan fingerprint density at radius 2 is 1.68 bits per heavy atom. The molecule has 1 aromatic carbocycles. The molecule has 0 aromatic heterocycles. The van der Waals surface area contributed by atoms with Crippen molar-refractivity contribution < 1.29 is 9.59 Å². The number of urea groups is 1. The van der Waals surface area contributed by atoms with Gasteiger partial charge in [-0.15, -0.1) is 12.4 Å². The quantitative estimate of drug-likeness (QED) is 0.524. The van der Waals surface area contributed by atoms with Crippen LogP contribution in [0.25, 0.3) is 0 Å². The second kappa shape index (κ2) is 10.4. The maximum absolute atomic E-state index is 13.2. The van der Waals surface area contributed by atoms with Crippen molar-refractivity contribution in [1.82, 2.24) is 19.6 Å². The van der Waals surface area contributed by atoms with Crippen LogP contribution in [0.3, 0.4) is 0 Å². The fraction of sp³-hybridized carbons (Fsp3) is 0.733. The van der Waals surface area contributed by atoms with Gasteiger partial charge >= 0.3 is 6.03 Å². The van der Waals surface area contributed by atoms with Crippen molar-refractivity contribution in [2.75, 3.05) is 33.2 Å². The van der Waals surface area contributed by atoms with Crippen LogP contribution in [-0.2, 0) is 4.79 Å². The van der Waals surface area contributed by atoms with E-state index in [0.29, 0.717) is 36.2 Å². The average Bonchev–Trinajstić information content (AvgIpc) is 3.39. The molecule has 4 heterocycles. The minimum atomic E-state index is -0.0223. The predicted molar refractivity (Wildman–Crippen MR) is 151 cm³/mol. The van der Waals surface area contributed by atoms with Crippen molar-refractivity contribution >= 4 is 24.3 Å². The molecule has 1 aromatic rings. The van der Waals surface area contributed by atoms with Crippen LogP contribution < -0.4 is 0 Å². The summed E-state index contributed by atoms with van der Waals surface area (Å²) in [6.07, 6.45) is 5.21. The molecule has 4 fully saturated rings. The molecule has 2 unspecified atom stereocenters. The number of fused-ring (bicyclic) bond motifs is 2. The standard InChI is InChI=1S/C30H46N4O2.ClH/c1-21(2)34-28(36)31(6)20-30(34)14-24-12-13-25(15-30)33(24)18-23-17-32(27(35)16-29(3,4)5)19-26(23)22-10-8-7-9-11-22;/h7-11,21,23-26H,12-20H2,1-6H3;1H/t23-,24?,25?,26-,30?;/m1./s1. The lowest BCUT2D eigenvalue weighted by molar-refractivity contribution is -0.132. The number of carbonyl (C=O) groups excluding carboxylic acids is 2. The van der Waals surface area contributed by atoms with Crippen molar-refractivity contribution in [1.29, 1.82) is 0 Å². The van der Waals surface area contributed by atoms with Gasteiger partial charge in [0.05, 0.1) is 5.54 Å². The molecule has 0 N–H and O–H groups in total. The first-order valence-electron chi connectivity index (χ1n) is 14.1. The summed E-state index contributed by atoms with van der Waals surface area (Å²) in [4.78, 5) is 35.3. The highest BCUT2D eigenvalue weighted by Crippen LogP contribution is 2.48. The molecule has 0 aliphatic carbocycles. The Labute approximate surface area is 230 Å². The Hall–Kier alpha value is -1.79. The maximum Gasteiger partial charge on any atom is 0.320 e. The van der Waals surface area contributed by atoms with Crippen molar-refractivity contribution in [2.24, 2.45) is 11.3 Å². The fourth-order valence-corrected chi connectivity index (χ4v) is 7.95. The Morgan fingerprint density at radius 3 is 2.24 bits per heavy atom. The second-order valence-electron chi connectivity index (χ2n) is 13.6. The largest absolute Gasteiger partial charge is 0.342 e. The smallest absolute Gasteiger partial charge is 0.320 e. The zero-order chi connectivity index (χ0) is 25.8. The third-order valence-corrected chi connectivity index (χ3v) is 9.24. The minimum absolute atomic E-state index is 0. The molecule has 0 radical (unpaired) electrons. The maximum atomic E-state index is 13.2. The van der Waals surface area contributed by atoms with E-state index < -0.39 is 0 Å². The highest BCUT2D eigenvalue weighted by molar-refractivity contribution is 5.85. The van der Waals surface area contributed by atoms with Gasteiger partial charge in [0.1, 0.15) is 0 Å². The summed E-state index contributed by atoms with van der Waals surface area (Å²) >= 11 is 0. The van der Waals surface area contributed by atoms with Crippen LogP contribution in [-0.4, -0.2) is 88.4 Å². The highest BCUT2D eigenvalue weighted by atomic mass is 35.5. The van der Waals surface area contributed by atoms with E-state index in [1.165, 1.54) is 18.4 Å². The Morgan fingerprint density at radius 1 is 1.05 bits per heavy atom. The first-order chi connectivity index (χ1) is 17.0. The number of hydrogen-bond donors (Lipinski definition) is 0. The highest BCUT2D eigenvalue weighted by Gasteiger charge is 2.57. The summed E-state index contributed by atoms with van der Waals surface area (Å²) in [7, 11) is 1.97. The molecule has 6 nitrogen and oxygen atoms in total. The predicted octanol–water partition coefficient (Wildman–Crippen LogP) is 5.23. The molecule has 206 valence electrons.